The number of aryl methyl sites for hydroxylation is 1. The molecule has 0 saturated heterocycles. The highest BCUT2D eigenvalue weighted by Gasteiger charge is 2.11. The van der Waals surface area contributed by atoms with E-state index >= 15 is 0 Å². The quantitative estimate of drug-likeness (QED) is 0.688. The molecule has 1 aromatic carbocycles. The zero-order valence-electron chi connectivity index (χ0n) is 10.6. The highest BCUT2D eigenvalue weighted by Crippen LogP contribution is 2.21. The summed E-state index contributed by atoms with van der Waals surface area (Å²) in [6, 6.07) is 9.97. The molecule has 0 bridgehead atoms. The van der Waals surface area contributed by atoms with E-state index in [4.69, 9.17) is 4.42 Å². The molecular formula is C15H10BrNO3. The molecule has 0 N–H and O–H groups in total. The molecule has 0 unspecified atom stereocenters. The van der Waals surface area contributed by atoms with Crippen molar-refractivity contribution in [3.63, 3.8) is 0 Å². The zero-order chi connectivity index (χ0) is 14.3. The van der Waals surface area contributed by atoms with Gasteiger partial charge in [-0.1, -0.05) is 12.1 Å². The van der Waals surface area contributed by atoms with E-state index in [1.54, 1.807) is 43.6 Å². The third-order valence-electron chi connectivity index (χ3n) is 3.05. The molecule has 4 nitrogen and oxygen atoms in total. The fourth-order valence-electron chi connectivity index (χ4n) is 2.08. The fraction of sp³-hybridized carbons (Fsp3) is 0.0667. The van der Waals surface area contributed by atoms with Crippen molar-refractivity contribution in [1.82, 2.24) is 4.57 Å². The van der Waals surface area contributed by atoms with Gasteiger partial charge < -0.3 is 8.98 Å². The number of hydrogen-bond acceptors (Lipinski definition) is 3. The minimum Gasteiger partial charge on any atom is -0.456 e. The van der Waals surface area contributed by atoms with E-state index in [1.807, 2.05) is 0 Å². The molecule has 0 aliphatic rings. The zero-order valence-corrected chi connectivity index (χ0v) is 12.2. The van der Waals surface area contributed by atoms with Gasteiger partial charge in [-0.2, -0.15) is 0 Å². The molecule has 0 atom stereocenters. The van der Waals surface area contributed by atoms with Crippen LogP contribution in [0.1, 0.15) is 0 Å². The minimum absolute atomic E-state index is 0.163. The summed E-state index contributed by atoms with van der Waals surface area (Å²) < 4.78 is 7.87. The monoisotopic (exact) mass is 331 g/mol. The van der Waals surface area contributed by atoms with Crippen molar-refractivity contribution < 1.29 is 4.42 Å². The second-order valence-corrected chi connectivity index (χ2v) is 5.37. The Labute approximate surface area is 122 Å². The van der Waals surface area contributed by atoms with Crippen LogP contribution >= 0.6 is 15.9 Å². The van der Waals surface area contributed by atoms with Gasteiger partial charge in [0.2, 0.25) is 0 Å². The van der Waals surface area contributed by atoms with Gasteiger partial charge in [-0.3, -0.25) is 9.59 Å². The van der Waals surface area contributed by atoms with Gasteiger partial charge in [0.05, 0.1) is 10.9 Å². The summed E-state index contributed by atoms with van der Waals surface area (Å²) in [7, 11) is 1.65. The highest BCUT2D eigenvalue weighted by atomic mass is 79.9. The lowest BCUT2D eigenvalue weighted by Gasteiger charge is -2.05. The van der Waals surface area contributed by atoms with Gasteiger partial charge in [0.15, 0.2) is 5.43 Å². The Morgan fingerprint density at radius 2 is 1.90 bits per heavy atom. The predicted molar refractivity (Wildman–Crippen MR) is 80.9 cm³/mol. The SMILES string of the molecule is Cn1cc(Br)cc(-c2cc(=O)c3ccccc3o2)c1=O. The van der Waals surface area contributed by atoms with E-state index in [-0.39, 0.29) is 16.7 Å². The number of fused-ring (bicyclic) bond motifs is 1. The molecule has 5 heteroatoms. The average molecular weight is 332 g/mol. The van der Waals surface area contributed by atoms with Gasteiger partial charge in [-0.05, 0) is 34.1 Å². The van der Waals surface area contributed by atoms with E-state index in [1.165, 1.54) is 10.6 Å². The molecule has 0 saturated carbocycles. The van der Waals surface area contributed by atoms with Gasteiger partial charge in [-0.15, -0.1) is 0 Å². The number of aromatic nitrogens is 1. The highest BCUT2D eigenvalue weighted by molar-refractivity contribution is 9.10. The Bertz CT molecular complexity index is 924. The third-order valence-corrected chi connectivity index (χ3v) is 3.48. The topological polar surface area (TPSA) is 52.2 Å². The van der Waals surface area contributed by atoms with Crippen LogP contribution in [0.25, 0.3) is 22.3 Å². The van der Waals surface area contributed by atoms with Crippen LogP contribution < -0.4 is 11.0 Å². The molecule has 0 radical (unpaired) electrons. The second-order valence-electron chi connectivity index (χ2n) is 4.46. The first-order valence-corrected chi connectivity index (χ1v) is 6.75. The van der Waals surface area contributed by atoms with Crippen LogP contribution in [0, 0.1) is 0 Å². The lowest BCUT2D eigenvalue weighted by molar-refractivity contribution is 0.616. The molecule has 2 aromatic heterocycles. The van der Waals surface area contributed by atoms with Crippen molar-refractivity contribution in [2.75, 3.05) is 0 Å². The summed E-state index contributed by atoms with van der Waals surface area (Å²) in [6.07, 6.45) is 1.66. The first-order valence-electron chi connectivity index (χ1n) is 5.96. The first-order chi connectivity index (χ1) is 9.56. The summed E-state index contributed by atoms with van der Waals surface area (Å²) in [6.45, 7) is 0. The van der Waals surface area contributed by atoms with Crippen molar-refractivity contribution in [1.29, 1.82) is 0 Å². The number of rotatable bonds is 1. The molecule has 0 amide bonds. The maximum Gasteiger partial charge on any atom is 0.261 e. The number of pyridine rings is 1. The summed E-state index contributed by atoms with van der Waals surface area (Å²) in [5.41, 5.74) is 0.442. The van der Waals surface area contributed by atoms with Gasteiger partial charge in [0.25, 0.3) is 5.56 Å². The minimum atomic E-state index is -0.216. The molecule has 0 spiro atoms. The predicted octanol–water partition coefficient (Wildman–Crippen LogP) is 2.92. The molecule has 0 fully saturated rings. The largest absolute Gasteiger partial charge is 0.456 e. The molecule has 20 heavy (non-hydrogen) atoms. The van der Waals surface area contributed by atoms with Gasteiger partial charge in [0, 0.05) is 23.8 Å². The number of hydrogen-bond donors (Lipinski definition) is 0. The number of halogens is 1. The number of para-hydroxylation sites is 1. The van der Waals surface area contributed by atoms with E-state index in [9.17, 15) is 9.59 Å². The lowest BCUT2D eigenvalue weighted by Crippen LogP contribution is -2.18. The van der Waals surface area contributed by atoms with Crippen molar-refractivity contribution in [3.05, 3.63) is 67.6 Å². The van der Waals surface area contributed by atoms with Gasteiger partial charge >= 0.3 is 0 Å². The maximum atomic E-state index is 12.1. The Kier molecular flexibility index (Phi) is 3.06. The Morgan fingerprint density at radius 1 is 1.15 bits per heavy atom. The summed E-state index contributed by atoms with van der Waals surface area (Å²) >= 11 is 3.33. The third kappa shape index (κ3) is 2.10. The molecule has 100 valence electrons. The number of benzene rings is 1. The second kappa shape index (κ2) is 4.76. The van der Waals surface area contributed by atoms with Crippen LogP contribution in [0.15, 0.2) is 61.1 Å². The fourth-order valence-corrected chi connectivity index (χ4v) is 2.62. The Balaban J connectivity index is 2.36. The normalized spacial score (nSPS) is 10.9. The molecular weight excluding hydrogens is 322 g/mol. The van der Waals surface area contributed by atoms with Crippen LogP contribution in [0.4, 0.5) is 0 Å². The molecule has 0 aliphatic heterocycles. The lowest BCUT2D eigenvalue weighted by atomic mass is 10.1. The van der Waals surface area contributed by atoms with Crippen LogP contribution in [0.2, 0.25) is 0 Å². The van der Waals surface area contributed by atoms with Crippen LogP contribution in [-0.4, -0.2) is 4.57 Å². The molecule has 2 heterocycles. The molecule has 3 aromatic rings. The summed E-state index contributed by atoms with van der Waals surface area (Å²) in [5.74, 6) is 0.274. The van der Waals surface area contributed by atoms with Crippen LogP contribution in [-0.2, 0) is 7.05 Å². The van der Waals surface area contributed by atoms with Gasteiger partial charge in [0.1, 0.15) is 11.3 Å². The molecule has 3 rings (SSSR count). The Morgan fingerprint density at radius 3 is 2.70 bits per heavy atom. The summed E-state index contributed by atoms with van der Waals surface area (Å²) in [4.78, 5) is 24.2. The van der Waals surface area contributed by atoms with Crippen molar-refractivity contribution >= 4 is 26.9 Å². The average Bonchev–Trinajstić information content (AvgIpc) is 2.43. The summed E-state index contributed by atoms with van der Waals surface area (Å²) in [5, 5.41) is 0.503. The van der Waals surface area contributed by atoms with E-state index in [2.05, 4.69) is 15.9 Å². The maximum absolute atomic E-state index is 12.1. The van der Waals surface area contributed by atoms with E-state index in [0.29, 0.717) is 16.5 Å². The van der Waals surface area contributed by atoms with E-state index in [0.717, 1.165) is 4.47 Å². The van der Waals surface area contributed by atoms with E-state index < -0.39 is 0 Å². The first kappa shape index (κ1) is 12.9. The van der Waals surface area contributed by atoms with Crippen molar-refractivity contribution in [3.8, 4) is 11.3 Å². The van der Waals surface area contributed by atoms with Crippen LogP contribution in [0.3, 0.4) is 0 Å². The van der Waals surface area contributed by atoms with Crippen LogP contribution in [0.5, 0.6) is 0 Å². The standard InChI is InChI=1S/C15H10BrNO3/c1-17-8-9(16)6-11(15(17)19)14-7-12(18)10-4-2-3-5-13(10)20-14/h2-8H,1H3. The number of nitrogens with zero attached hydrogens (tertiary/aromatic N) is 1. The smallest absolute Gasteiger partial charge is 0.261 e. The van der Waals surface area contributed by atoms with Crippen molar-refractivity contribution in [2.45, 2.75) is 0 Å². The van der Waals surface area contributed by atoms with Gasteiger partial charge in [-0.25, -0.2) is 0 Å². The Hall–Kier alpha value is -2.14. The molecule has 0 aliphatic carbocycles. The van der Waals surface area contributed by atoms with Crippen molar-refractivity contribution in [2.24, 2.45) is 7.05 Å².